The normalized spacial score (nSPS) is 18.7. The predicted octanol–water partition coefficient (Wildman–Crippen LogP) is 0.515. The van der Waals surface area contributed by atoms with E-state index in [1.807, 2.05) is 0 Å². The van der Waals surface area contributed by atoms with Crippen molar-refractivity contribution in [2.45, 2.75) is 31.2 Å². The fourth-order valence-corrected chi connectivity index (χ4v) is 3.23. The number of benzene rings is 1. The maximum atomic E-state index is 14.3. The Bertz CT molecular complexity index is 751. The van der Waals surface area contributed by atoms with Gasteiger partial charge >= 0.3 is 0 Å². The van der Waals surface area contributed by atoms with Crippen molar-refractivity contribution in [3.8, 4) is 0 Å². The summed E-state index contributed by atoms with van der Waals surface area (Å²) in [5.41, 5.74) is 5.15. The van der Waals surface area contributed by atoms with E-state index in [9.17, 15) is 18.8 Å². The van der Waals surface area contributed by atoms with Crippen LogP contribution in [0.3, 0.4) is 0 Å². The van der Waals surface area contributed by atoms with E-state index < -0.39 is 17.3 Å². The number of carbonyl (C=O) groups is 3. The number of hydrogen-bond acceptors (Lipinski definition) is 5. The molecule has 4 N–H and O–H groups in total. The highest BCUT2D eigenvalue weighted by molar-refractivity contribution is 5.96. The fourth-order valence-electron chi connectivity index (χ4n) is 3.23. The van der Waals surface area contributed by atoms with Gasteiger partial charge < -0.3 is 26.0 Å². The lowest BCUT2D eigenvalue weighted by Gasteiger charge is -2.39. The third-order valence-corrected chi connectivity index (χ3v) is 5.02. The first-order valence-corrected chi connectivity index (χ1v) is 8.94. The summed E-state index contributed by atoms with van der Waals surface area (Å²) in [6.07, 6.45) is 2.34. The van der Waals surface area contributed by atoms with Gasteiger partial charge in [-0.2, -0.15) is 0 Å². The molecule has 1 aromatic carbocycles. The molecule has 2 fully saturated rings. The van der Waals surface area contributed by atoms with Crippen molar-refractivity contribution in [2.24, 2.45) is 5.73 Å². The predicted molar refractivity (Wildman–Crippen MR) is 96.6 cm³/mol. The minimum atomic E-state index is -0.710. The van der Waals surface area contributed by atoms with Crippen molar-refractivity contribution in [3.05, 3.63) is 24.0 Å². The second-order valence-electron chi connectivity index (χ2n) is 6.79. The monoisotopic (exact) mass is 378 g/mol. The third-order valence-electron chi connectivity index (χ3n) is 5.02. The van der Waals surface area contributed by atoms with E-state index in [0.29, 0.717) is 31.7 Å². The summed E-state index contributed by atoms with van der Waals surface area (Å²) < 4.78 is 19.4. The summed E-state index contributed by atoms with van der Waals surface area (Å²) in [5, 5.41) is 5.54. The number of nitrogens with zero attached hydrogens (tertiary/aromatic N) is 1. The van der Waals surface area contributed by atoms with Crippen LogP contribution in [0.4, 0.5) is 15.8 Å². The average molecular weight is 378 g/mol. The number of carbonyl (C=O) groups excluding carboxylic acids is 3. The summed E-state index contributed by atoms with van der Waals surface area (Å²) >= 11 is 0. The Morgan fingerprint density at radius 1 is 1.33 bits per heavy atom. The minimum absolute atomic E-state index is 0.0279. The quantitative estimate of drug-likeness (QED) is 0.640. The van der Waals surface area contributed by atoms with Gasteiger partial charge in [0.2, 0.25) is 11.8 Å². The van der Waals surface area contributed by atoms with Crippen LogP contribution in [0.1, 0.15) is 25.7 Å². The van der Waals surface area contributed by atoms with Crippen molar-refractivity contribution in [1.29, 1.82) is 0 Å². The minimum Gasteiger partial charge on any atom is -0.370 e. The average Bonchev–Trinajstić information content (AvgIpc) is 2.59. The molecular formula is C18H23FN4O4. The number of primary amides is 1. The van der Waals surface area contributed by atoms with Crippen molar-refractivity contribution in [1.82, 2.24) is 5.32 Å². The Morgan fingerprint density at radius 3 is 2.70 bits per heavy atom. The third kappa shape index (κ3) is 4.25. The summed E-state index contributed by atoms with van der Waals surface area (Å²) in [5.74, 6) is -1.65. The van der Waals surface area contributed by atoms with Gasteiger partial charge in [-0.3, -0.25) is 14.4 Å². The van der Waals surface area contributed by atoms with Crippen LogP contribution in [-0.4, -0.2) is 49.6 Å². The number of rotatable bonds is 7. The van der Waals surface area contributed by atoms with Crippen LogP contribution in [0.15, 0.2) is 18.2 Å². The molecule has 27 heavy (non-hydrogen) atoms. The Hall–Kier alpha value is -2.52. The SMILES string of the molecule is NC(=O)C1(NCCC(=O)Nc2ccc(N3CCOCC3=O)cc2F)CCC1. The van der Waals surface area contributed by atoms with Crippen LogP contribution >= 0.6 is 0 Å². The summed E-state index contributed by atoms with van der Waals surface area (Å²) in [6, 6.07) is 4.22. The molecule has 1 saturated carbocycles. The van der Waals surface area contributed by atoms with Crippen LogP contribution < -0.4 is 21.3 Å². The summed E-state index contributed by atoms with van der Waals surface area (Å²) in [7, 11) is 0. The number of anilines is 2. The van der Waals surface area contributed by atoms with Crippen molar-refractivity contribution in [2.75, 3.05) is 36.5 Å². The largest absolute Gasteiger partial charge is 0.370 e. The van der Waals surface area contributed by atoms with E-state index >= 15 is 0 Å². The highest BCUT2D eigenvalue weighted by Gasteiger charge is 2.41. The molecule has 1 aliphatic carbocycles. The lowest BCUT2D eigenvalue weighted by atomic mass is 9.76. The Morgan fingerprint density at radius 2 is 2.11 bits per heavy atom. The molecule has 146 valence electrons. The molecule has 9 heteroatoms. The Balaban J connectivity index is 1.53. The van der Waals surface area contributed by atoms with E-state index in [-0.39, 0.29) is 37.1 Å². The van der Waals surface area contributed by atoms with E-state index in [0.717, 1.165) is 6.42 Å². The molecule has 1 saturated heterocycles. The Kier molecular flexibility index (Phi) is 5.71. The van der Waals surface area contributed by atoms with Gasteiger partial charge in [0.1, 0.15) is 12.4 Å². The highest BCUT2D eigenvalue weighted by atomic mass is 19.1. The Labute approximate surface area is 156 Å². The smallest absolute Gasteiger partial charge is 0.253 e. The van der Waals surface area contributed by atoms with Gasteiger partial charge in [0, 0.05) is 25.2 Å². The first-order chi connectivity index (χ1) is 12.9. The zero-order chi connectivity index (χ0) is 19.4. The molecule has 1 aromatic rings. The molecule has 3 rings (SSSR count). The molecule has 0 atom stereocenters. The van der Waals surface area contributed by atoms with Crippen LogP contribution in [-0.2, 0) is 19.1 Å². The number of halogens is 1. The number of amides is 3. The second kappa shape index (κ2) is 8.01. The first kappa shape index (κ1) is 19.2. The molecule has 3 amide bonds. The lowest BCUT2D eigenvalue weighted by molar-refractivity contribution is -0.128. The van der Waals surface area contributed by atoms with Gasteiger partial charge in [0.25, 0.3) is 5.91 Å². The van der Waals surface area contributed by atoms with Crippen molar-refractivity contribution < 1.29 is 23.5 Å². The lowest BCUT2D eigenvalue weighted by Crippen LogP contribution is -2.60. The zero-order valence-corrected chi connectivity index (χ0v) is 14.9. The number of nitrogens with one attached hydrogen (secondary N) is 2. The molecule has 0 aromatic heterocycles. The topological polar surface area (TPSA) is 114 Å². The fraction of sp³-hybridized carbons (Fsp3) is 0.500. The van der Waals surface area contributed by atoms with Gasteiger partial charge in [-0.1, -0.05) is 0 Å². The number of nitrogens with two attached hydrogens (primary N) is 1. The molecule has 8 nitrogen and oxygen atoms in total. The number of morpholine rings is 1. The molecular weight excluding hydrogens is 355 g/mol. The number of ether oxygens (including phenoxy) is 1. The van der Waals surface area contributed by atoms with E-state index in [2.05, 4.69) is 10.6 Å². The molecule has 2 aliphatic rings. The standard InChI is InChI=1S/C18H23FN4O4/c19-13-10-12(23-8-9-27-11-16(23)25)2-3-14(13)22-15(24)4-7-21-18(17(20)26)5-1-6-18/h2-3,10,21H,1,4-9,11H2,(H2,20,26)(H,22,24). The molecule has 1 heterocycles. The maximum absolute atomic E-state index is 14.3. The summed E-state index contributed by atoms with van der Waals surface area (Å²) in [4.78, 5) is 36.8. The molecule has 0 spiro atoms. The van der Waals surface area contributed by atoms with Crippen molar-refractivity contribution >= 4 is 29.1 Å². The molecule has 1 aliphatic heterocycles. The van der Waals surface area contributed by atoms with Crippen LogP contribution in [0.5, 0.6) is 0 Å². The second-order valence-corrected chi connectivity index (χ2v) is 6.79. The number of hydrogen-bond donors (Lipinski definition) is 3. The van der Waals surface area contributed by atoms with Crippen molar-refractivity contribution in [3.63, 3.8) is 0 Å². The van der Waals surface area contributed by atoms with Crippen LogP contribution in [0.2, 0.25) is 0 Å². The maximum Gasteiger partial charge on any atom is 0.253 e. The van der Waals surface area contributed by atoms with Gasteiger partial charge in [-0.05, 0) is 37.5 Å². The molecule has 0 bridgehead atoms. The highest BCUT2D eigenvalue weighted by Crippen LogP contribution is 2.31. The summed E-state index contributed by atoms with van der Waals surface area (Å²) in [6.45, 7) is 1.000. The van der Waals surface area contributed by atoms with Gasteiger partial charge in [0.15, 0.2) is 0 Å². The molecule has 0 unspecified atom stereocenters. The first-order valence-electron chi connectivity index (χ1n) is 8.94. The van der Waals surface area contributed by atoms with E-state index in [4.69, 9.17) is 10.5 Å². The molecule has 0 radical (unpaired) electrons. The van der Waals surface area contributed by atoms with Gasteiger partial charge in [0.05, 0.1) is 17.8 Å². The van der Waals surface area contributed by atoms with Gasteiger partial charge in [-0.25, -0.2) is 4.39 Å². The van der Waals surface area contributed by atoms with Gasteiger partial charge in [-0.15, -0.1) is 0 Å². The van der Waals surface area contributed by atoms with E-state index in [1.54, 1.807) is 6.07 Å². The van der Waals surface area contributed by atoms with Crippen LogP contribution in [0.25, 0.3) is 0 Å². The van der Waals surface area contributed by atoms with E-state index in [1.165, 1.54) is 17.0 Å². The zero-order valence-electron chi connectivity index (χ0n) is 14.9. The van der Waals surface area contributed by atoms with Crippen LogP contribution in [0, 0.1) is 5.82 Å².